The van der Waals surface area contributed by atoms with Crippen molar-refractivity contribution in [1.82, 2.24) is 9.97 Å². The fourth-order valence-corrected chi connectivity index (χ4v) is 1.94. The van der Waals surface area contributed by atoms with Gasteiger partial charge in [-0.3, -0.25) is 0 Å². The number of aromatic nitrogens is 2. The second-order valence-corrected chi connectivity index (χ2v) is 4.48. The summed E-state index contributed by atoms with van der Waals surface area (Å²) in [7, 11) is 2.93. The molecule has 1 N–H and O–H groups in total. The van der Waals surface area contributed by atoms with Crippen molar-refractivity contribution in [3.8, 4) is 17.5 Å². The molecule has 2 aromatic rings. The Balaban J connectivity index is 2.24. The molecule has 0 amide bonds. The normalized spacial score (nSPS) is 10.1. The molecule has 1 heterocycles. The van der Waals surface area contributed by atoms with E-state index in [4.69, 9.17) is 25.8 Å². The largest absolute Gasteiger partial charge is 0.485 e. The van der Waals surface area contributed by atoms with Gasteiger partial charge >= 0.3 is 5.97 Å². The molecule has 1 aromatic carbocycles. The fraction of sp³-hybridized carbons (Fsp3) is 0.214. The van der Waals surface area contributed by atoms with Gasteiger partial charge in [-0.25, -0.2) is 4.79 Å². The van der Waals surface area contributed by atoms with E-state index >= 15 is 0 Å². The average molecular weight is 325 g/mol. The van der Waals surface area contributed by atoms with E-state index in [9.17, 15) is 9.90 Å². The maximum absolute atomic E-state index is 11.2. The van der Waals surface area contributed by atoms with Crippen LogP contribution in [0.15, 0.2) is 24.3 Å². The SMILES string of the molecule is COc1cc(OC)nc(COc2cccc(Cl)c2C(=O)O)n1. The van der Waals surface area contributed by atoms with Crippen LogP contribution in [-0.2, 0) is 6.61 Å². The molecular weight excluding hydrogens is 312 g/mol. The van der Waals surface area contributed by atoms with E-state index in [2.05, 4.69) is 9.97 Å². The molecule has 0 fully saturated rings. The third-order valence-corrected chi connectivity index (χ3v) is 3.00. The highest BCUT2D eigenvalue weighted by Gasteiger charge is 2.16. The van der Waals surface area contributed by atoms with Crippen LogP contribution >= 0.6 is 11.6 Å². The Hall–Kier alpha value is -2.54. The van der Waals surface area contributed by atoms with E-state index in [1.807, 2.05) is 0 Å². The molecule has 7 nitrogen and oxygen atoms in total. The summed E-state index contributed by atoms with van der Waals surface area (Å²) in [5.41, 5.74) is -0.112. The van der Waals surface area contributed by atoms with Crippen molar-refractivity contribution < 1.29 is 24.1 Å². The van der Waals surface area contributed by atoms with Crippen LogP contribution in [0.1, 0.15) is 16.2 Å². The number of methoxy groups -OCH3 is 2. The number of ether oxygens (including phenoxy) is 3. The quantitative estimate of drug-likeness (QED) is 0.872. The van der Waals surface area contributed by atoms with Gasteiger partial charge in [0, 0.05) is 0 Å². The molecule has 0 atom stereocenters. The number of aromatic carboxylic acids is 1. The zero-order chi connectivity index (χ0) is 16.1. The molecule has 0 bridgehead atoms. The first-order valence-corrected chi connectivity index (χ1v) is 6.53. The number of hydrogen-bond acceptors (Lipinski definition) is 6. The summed E-state index contributed by atoms with van der Waals surface area (Å²) in [4.78, 5) is 19.4. The van der Waals surface area contributed by atoms with E-state index < -0.39 is 5.97 Å². The van der Waals surface area contributed by atoms with Gasteiger partial charge in [-0.2, -0.15) is 9.97 Å². The molecule has 1 aromatic heterocycles. The summed E-state index contributed by atoms with van der Waals surface area (Å²) < 4.78 is 15.5. The van der Waals surface area contributed by atoms with Gasteiger partial charge in [-0.05, 0) is 12.1 Å². The van der Waals surface area contributed by atoms with Gasteiger partial charge in [0.25, 0.3) is 0 Å². The predicted octanol–water partition coefficient (Wildman–Crippen LogP) is 2.42. The van der Waals surface area contributed by atoms with Crippen LogP contribution in [0.5, 0.6) is 17.5 Å². The molecule has 2 rings (SSSR count). The molecule has 22 heavy (non-hydrogen) atoms. The Bertz CT molecular complexity index is 671. The average Bonchev–Trinajstić information content (AvgIpc) is 2.52. The number of carboxylic acid groups (broad SMARTS) is 1. The van der Waals surface area contributed by atoms with Gasteiger partial charge in [0.15, 0.2) is 5.82 Å². The van der Waals surface area contributed by atoms with Crippen LogP contribution in [-0.4, -0.2) is 35.3 Å². The minimum Gasteiger partial charge on any atom is -0.485 e. The van der Waals surface area contributed by atoms with Gasteiger partial charge in [-0.15, -0.1) is 0 Å². The molecule has 0 spiro atoms. The third-order valence-electron chi connectivity index (χ3n) is 2.69. The van der Waals surface area contributed by atoms with Crippen molar-refractivity contribution in [3.63, 3.8) is 0 Å². The van der Waals surface area contributed by atoms with Crippen molar-refractivity contribution in [3.05, 3.63) is 40.7 Å². The predicted molar refractivity (Wildman–Crippen MR) is 77.9 cm³/mol. The topological polar surface area (TPSA) is 90.8 Å². The van der Waals surface area contributed by atoms with Gasteiger partial charge in [0.1, 0.15) is 17.9 Å². The zero-order valence-corrected chi connectivity index (χ0v) is 12.6. The molecular formula is C14H13ClN2O5. The van der Waals surface area contributed by atoms with Crippen LogP contribution in [0, 0.1) is 0 Å². The summed E-state index contributed by atoms with van der Waals surface area (Å²) in [6, 6.07) is 6.10. The van der Waals surface area contributed by atoms with Gasteiger partial charge in [0.2, 0.25) is 11.8 Å². The molecule has 116 valence electrons. The Morgan fingerprint density at radius 3 is 2.41 bits per heavy atom. The van der Waals surface area contributed by atoms with Crippen LogP contribution in [0.25, 0.3) is 0 Å². The zero-order valence-electron chi connectivity index (χ0n) is 11.9. The number of rotatable bonds is 6. The Labute approximate surface area is 131 Å². The van der Waals surface area contributed by atoms with E-state index in [0.717, 1.165) is 0 Å². The van der Waals surface area contributed by atoms with Gasteiger partial charge in [0.05, 0.1) is 25.3 Å². The summed E-state index contributed by atoms with van der Waals surface area (Å²) in [5, 5.41) is 9.26. The molecule has 0 radical (unpaired) electrons. The number of benzene rings is 1. The van der Waals surface area contributed by atoms with Crippen LogP contribution in [0.3, 0.4) is 0 Å². The summed E-state index contributed by atoms with van der Waals surface area (Å²) >= 11 is 5.87. The van der Waals surface area contributed by atoms with E-state index in [1.165, 1.54) is 32.4 Å². The molecule has 0 aliphatic heterocycles. The molecule has 0 aliphatic rings. The van der Waals surface area contributed by atoms with Crippen molar-refractivity contribution in [2.24, 2.45) is 0 Å². The van der Waals surface area contributed by atoms with Gasteiger partial charge in [-0.1, -0.05) is 17.7 Å². The smallest absolute Gasteiger partial charge is 0.341 e. The highest BCUT2D eigenvalue weighted by atomic mass is 35.5. The van der Waals surface area contributed by atoms with Crippen LogP contribution < -0.4 is 14.2 Å². The number of hydrogen-bond donors (Lipinski definition) is 1. The second-order valence-electron chi connectivity index (χ2n) is 4.08. The third kappa shape index (κ3) is 3.56. The molecule has 0 saturated heterocycles. The Kier molecular flexibility index (Phi) is 5.00. The molecule has 0 unspecified atom stereocenters. The molecule has 8 heteroatoms. The maximum Gasteiger partial charge on any atom is 0.341 e. The van der Waals surface area contributed by atoms with Crippen LogP contribution in [0.2, 0.25) is 5.02 Å². The standard InChI is InChI=1S/C14H13ClN2O5/c1-20-11-6-12(21-2)17-10(16-11)7-22-9-5-3-4-8(15)13(9)14(18)19/h3-6H,7H2,1-2H3,(H,18,19). The minimum atomic E-state index is -1.18. The number of carboxylic acids is 1. The first-order valence-electron chi connectivity index (χ1n) is 6.15. The summed E-state index contributed by atoms with van der Waals surface area (Å²) in [6.07, 6.45) is 0. The van der Waals surface area contributed by atoms with Gasteiger partial charge < -0.3 is 19.3 Å². The highest BCUT2D eigenvalue weighted by molar-refractivity contribution is 6.33. The van der Waals surface area contributed by atoms with Crippen molar-refractivity contribution in [2.45, 2.75) is 6.61 Å². The van der Waals surface area contributed by atoms with E-state index in [0.29, 0.717) is 11.8 Å². The Morgan fingerprint density at radius 2 is 1.86 bits per heavy atom. The van der Waals surface area contributed by atoms with Crippen LogP contribution in [0.4, 0.5) is 0 Å². The minimum absolute atomic E-state index is 0.0613. The molecule has 0 aliphatic carbocycles. The number of halogens is 1. The lowest BCUT2D eigenvalue weighted by Crippen LogP contribution is -2.07. The number of nitrogens with zero attached hydrogens (tertiary/aromatic N) is 2. The lowest BCUT2D eigenvalue weighted by Gasteiger charge is -2.10. The molecule has 0 saturated carbocycles. The van der Waals surface area contributed by atoms with Crippen molar-refractivity contribution in [2.75, 3.05) is 14.2 Å². The fourth-order valence-electron chi connectivity index (χ4n) is 1.70. The van der Waals surface area contributed by atoms with E-state index in [-0.39, 0.29) is 28.8 Å². The lowest BCUT2D eigenvalue weighted by molar-refractivity contribution is 0.0691. The first-order chi connectivity index (χ1) is 10.5. The monoisotopic (exact) mass is 324 g/mol. The van der Waals surface area contributed by atoms with E-state index in [1.54, 1.807) is 6.07 Å². The maximum atomic E-state index is 11.2. The summed E-state index contributed by atoms with van der Waals surface area (Å²) in [5.74, 6) is -0.132. The van der Waals surface area contributed by atoms with Crippen molar-refractivity contribution in [1.29, 1.82) is 0 Å². The Morgan fingerprint density at radius 1 is 1.23 bits per heavy atom. The highest BCUT2D eigenvalue weighted by Crippen LogP contribution is 2.27. The first kappa shape index (κ1) is 15.8. The lowest BCUT2D eigenvalue weighted by atomic mass is 10.2. The number of carbonyl (C=O) groups is 1. The second kappa shape index (κ2) is 6.95. The van der Waals surface area contributed by atoms with Crippen molar-refractivity contribution >= 4 is 17.6 Å². The summed E-state index contributed by atoms with van der Waals surface area (Å²) in [6.45, 7) is -0.0613.